The first kappa shape index (κ1) is 13.6. The molecule has 2 aliphatic carbocycles. The van der Waals surface area contributed by atoms with E-state index in [0.29, 0.717) is 22.8 Å². The van der Waals surface area contributed by atoms with E-state index in [1.165, 1.54) is 0 Å². The Kier molecular flexibility index (Phi) is 3.14. The van der Waals surface area contributed by atoms with Gasteiger partial charge in [-0.1, -0.05) is 0 Å². The Balaban J connectivity index is 2.38. The minimum absolute atomic E-state index is 0.277. The van der Waals surface area contributed by atoms with Gasteiger partial charge in [-0.05, 0) is 0 Å². The molecule has 2 aliphatic rings. The van der Waals surface area contributed by atoms with E-state index in [1.807, 2.05) is 0 Å². The Bertz CT molecular complexity index is 491. The Morgan fingerprint density at radius 1 is 0.684 bits per heavy atom. The molecule has 5 atom stereocenters. The van der Waals surface area contributed by atoms with Crippen LogP contribution in [0.1, 0.15) is 0 Å². The molecule has 0 radical (unpaired) electrons. The molecule has 9 heteroatoms. The third-order valence-corrected chi connectivity index (χ3v) is 3.72. The van der Waals surface area contributed by atoms with Crippen LogP contribution in [0, 0.1) is 0 Å². The summed E-state index contributed by atoms with van der Waals surface area (Å²) in [5.41, 5.74) is 48.4. The summed E-state index contributed by atoms with van der Waals surface area (Å²) >= 11 is 0. The molecule has 0 fully saturated rings. The molecule has 0 aromatic heterocycles. The van der Waals surface area contributed by atoms with Crippen LogP contribution >= 0.6 is 0 Å². The molecule has 0 aliphatic heterocycles. The van der Waals surface area contributed by atoms with Crippen LogP contribution in [0.15, 0.2) is 27.8 Å². The summed E-state index contributed by atoms with van der Waals surface area (Å²) in [5.74, 6) is 0. The van der Waals surface area contributed by atoms with Gasteiger partial charge in [0.2, 0.25) is 0 Å². The Labute approximate surface area is 110 Å². The number of rotatable bonds is 1. The van der Waals surface area contributed by atoms with Crippen LogP contribution in [0.4, 0.5) is 0 Å². The van der Waals surface area contributed by atoms with Crippen molar-refractivity contribution >= 4 is 5.71 Å². The van der Waals surface area contributed by atoms with E-state index in [0.717, 1.165) is 0 Å². The van der Waals surface area contributed by atoms with E-state index >= 15 is 0 Å². The van der Waals surface area contributed by atoms with Crippen molar-refractivity contribution < 1.29 is 0 Å². The van der Waals surface area contributed by atoms with Crippen LogP contribution in [-0.4, -0.2) is 35.9 Å². The number of aliphatic imine (C=N–C) groups is 1. The first-order valence-electron chi connectivity index (χ1n) is 5.87. The zero-order valence-electron chi connectivity index (χ0n) is 10.5. The second kappa shape index (κ2) is 4.38. The lowest BCUT2D eigenvalue weighted by Crippen LogP contribution is -2.48. The molecule has 19 heavy (non-hydrogen) atoms. The fourth-order valence-corrected chi connectivity index (χ4v) is 2.31. The first-order chi connectivity index (χ1) is 8.77. The number of hydrogen-bond donors (Lipinski definition) is 8. The molecule has 0 saturated heterocycles. The van der Waals surface area contributed by atoms with Gasteiger partial charge in [0.15, 0.2) is 0 Å². The van der Waals surface area contributed by atoms with Gasteiger partial charge in [0.05, 0.1) is 47.0 Å². The molecule has 5 unspecified atom stereocenters. The summed E-state index contributed by atoms with van der Waals surface area (Å²) in [7, 11) is 0. The van der Waals surface area contributed by atoms with Gasteiger partial charge in [-0.3, -0.25) is 4.99 Å². The summed E-state index contributed by atoms with van der Waals surface area (Å²) in [4.78, 5) is 4.38. The standard InChI is InChI=1S/C10H21N9/c11-1-2(12)6(16)9(5(1)15)19-10-7(17)3(13)4(14)8(10)18/h1,3,5,7,9H,11-18H2. The molecular weight excluding hydrogens is 246 g/mol. The van der Waals surface area contributed by atoms with E-state index < -0.39 is 30.2 Å². The van der Waals surface area contributed by atoms with Gasteiger partial charge in [0.25, 0.3) is 0 Å². The smallest absolute Gasteiger partial charge is 0.108 e. The Morgan fingerprint density at radius 2 is 1.26 bits per heavy atom. The maximum absolute atomic E-state index is 5.95. The summed E-state index contributed by atoms with van der Waals surface area (Å²) in [6.45, 7) is 0. The molecule has 0 heterocycles. The van der Waals surface area contributed by atoms with Crippen molar-refractivity contribution in [2.75, 3.05) is 0 Å². The molecule has 9 nitrogen and oxygen atoms in total. The van der Waals surface area contributed by atoms with Gasteiger partial charge in [-0.15, -0.1) is 0 Å². The maximum Gasteiger partial charge on any atom is 0.108 e. The third kappa shape index (κ3) is 1.83. The molecule has 16 N–H and O–H groups in total. The average molecular weight is 267 g/mol. The Morgan fingerprint density at radius 3 is 1.63 bits per heavy atom. The monoisotopic (exact) mass is 267 g/mol. The Hall–Kier alpha value is -1.81. The fourth-order valence-electron chi connectivity index (χ4n) is 2.31. The van der Waals surface area contributed by atoms with Crippen LogP contribution in [-0.2, 0) is 0 Å². The lowest BCUT2D eigenvalue weighted by atomic mass is 10.1. The van der Waals surface area contributed by atoms with E-state index in [1.54, 1.807) is 0 Å². The second-order valence-electron chi connectivity index (χ2n) is 4.89. The quantitative estimate of drug-likeness (QED) is 0.230. The highest BCUT2D eigenvalue weighted by molar-refractivity contribution is 6.07. The summed E-state index contributed by atoms with van der Waals surface area (Å²) in [6.07, 6.45) is 0. The van der Waals surface area contributed by atoms with Crippen molar-refractivity contribution in [3.63, 3.8) is 0 Å². The minimum Gasteiger partial charge on any atom is -0.399 e. The first-order valence-corrected chi connectivity index (χ1v) is 5.87. The zero-order chi connectivity index (χ0) is 14.5. The lowest BCUT2D eigenvalue weighted by Gasteiger charge is -2.19. The van der Waals surface area contributed by atoms with Crippen molar-refractivity contribution in [2.24, 2.45) is 50.9 Å². The van der Waals surface area contributed by atoms with E-state index in [9.17, 15) is 0 Å². The van der Waals surface area contributed by atoms with Crippen molar-refractivity contribution in [3.8, 4) is 0 Å². The van der Waals surface area contributed by atoms with Crippen molar-refractivity contribution in [1.29, 1.82) is 0 Å². The lowest BCUT2D eigenvalue weighted by molar-refractivity contribution is 0.559. The number of hydrogen-bond acceptors (Lipinski definition) is 9. The molecule has 0 amide bonds. The second-order valence-corrected chi connectivity index (χ2v) is 4.89. The summed E-state index contributed by atoms with van der Waals surface area (Å²) in [6, 6.07) is -2.77. The molecule has 0 saturated carbocycles. The van der Waals surface area contributed by atoms with Crippen LogP contribution in [0.3, 0.4) is 0 Å². The van der Waals surface area contributed by atoms with Gasteiger partial charge in [0, 0.05) is 5.70 Å². The summed E-state index contributed by atoms with van der Waals surface area (Å²) in [5, 5.41) is 0. The van der Waals surface area contributed by atoms with Crippen LogP contribution in [0.25, 0.3) is 0 Å². The maximum atomic E-state index is 5.95. The van der Waals surface area contributed by atoms with Gasteiger partial charge in [0.1, 0.15) is 6.04 Å². The minimum atomic E-state index is -0.585. The molecule has 106 valence electrons. The number of nitrogens with two attached hydrogens (primary N) is 8. The zero-order valence-corrected chi connectivity index (χ0v) is 10.5. The van der Waals surface area contributed by atoms with Crippen LogP contribution in [0.5, 0.6) is 0 Å². The average Bonchev–Trinajstić information content (AvgIpc) is 2.68. The predicted octanol–water partition coefficient (Wildman–Crippen LogP) is -4.61. The van der Waals surface area contributed by atoms with Crippen molar-refractivity contribution in [1.82, 2.24) is 0 Å². The molecular formula is C10H21N9. The highest BCUT2D eigenvalue weighted by Crippen LogP contribution is 2.24. The van der Waals surface area contributed by atoms with Crippen LogP contribution < -0.4 is 45.9 Å². The predicted molar refractivity (Wildman–Crippen MR) is 73.9 cm³/mol. The van der Waals surface area contributed by atoms with Crippen molar-refractivity contribution in [2.45, 2.75) is 30.2 Å². The van der Waals surface area contributed by atoms with Gasteiger partial charge in [-0.25, -0.2) is 0 Å². The van der Waals surface area contributed by atoms with Gasteiger partial charge < -0.3 is 45.9 Å². The normalized spacial score (nSPS) is 41.7. The van der Waals surface area contributed by atoms with E-state index in [2.05, 4.69) is 4.99 Å². The highest BCUT2D eigenvalue weighted by atomic mass is 15.0. The van der Waals surface area contributed by atoms with Gasteiger partial charge >= 0.3 is 0 Å². The summed E-state index contributed by atoms with van der Waals surface area (Å²) < 4.78 is 0. The van der Waals surface area contributed by atoms with Gasteiger partial charge in [-0.2, -0.15) is 0 Å². The third-order valence-electron chi connectivity index (χ3n) is 3.72. The van der Waals surface area contributed by atoms with E-state index in [4.69, 9.17) is 45.9 Å². The fraction of sp³-hybridized carbons (Fsp3) is 0.500. The topological polar surface area (TPSA) is 221 Å². The van der Waals surface area contributed by atoms with Crippen molar-refractivity contribution in [3.05, 3.63) is 22.8 Å². The molecule has 0 aromatic carbocycles. The molecule has 2 rings (SSSR count). The van der Waals surface area contributed by atoms with E-state index in [-0.39, 0.29) is 5.70 Å². The molecule has 0 bridgehead atoms. The SMILES string of the molecule is NC1=C(N)C(N)C(N)C1=NC1C(N)=C(N)C(N)C1N. The highest BCUT2D eigenvalue weighted by Gasteiger charge is 2.39. The molecule has 0 aromatic rings. The largest absolute Gasteiger partial charge is 0.399 e. The molecule has 0 spiro atoms. The number of nitrogens with zero attached hydrogens (tertiary/aromatic N) is 1. The van der Waals surface area contributed by atoms with Crippen LogP contribution in [0.2, 0.25) is 0 Å².